The quantitative estimate of drug-likeness (QED) is 0.443. The summed E-state index contributed by atoms with van der Waals surface area (Å²) in [5.74, 6) is -1.27. The Morgan fingerprint density at radius 2 is 1.94 bits per heavy atom. The van der Waals surface area contributed by atoms with Gasteiger partial charge >= 0.3 is 10.3 Å². The van der Waals surface area contributed by atoms with Gasteiger partial charge in [0, 0.05) is 6.07 Å². The van der Waals surface area contributed by atoms with Crippen LogP contribution < -0.4 is 4.72 Å². The van der Waals surface area contributed by atoms with E-state index in [9.17, 15) is 23.3 Å². The average Bonchev–Trinajstić information content (AvgIpc) is 2.15. The Kier molecular flexibility index (Phi) is 3.20. The molecule has 9 heteroatoms. The molecule has 0 aliphatic rings. The zero-order chi connectivity index (χ0) is 12.3. The highest BCUT2D eigenvalue weighted by molar-refractivity contribution is 7.84. The van der Waals surface area contributed by atoms with Crippen molar-refractivity contribution in [1.29, 1.82) is 0 Å². The maximum atomic E-state index is 11.2. The highest BCUT2D eigenvalue weighted by atomic mass is 32.2. The summed E-state index contributed by atoms with van der Waals surface area (Å²) in [6, 6.07) is 4.76. The van der Waals surface area contributed by atoms with E-state index in [1.807, 2.05) is 0 Å². The van der Waals surface area contributed by atoms with Crippen LogP contribution in [0.1, 0.15) is 10.4 Å². The first-order chi connectivity index (χ1) is 7.31. The van der Waals surface area contributed by atoms with Gasteiger partial charge in [0.05, 0.1) is 4.92 Å². The lowest BCUT2D eigenvalue weighted by Crippen LogP contribution is -2.30. The van der Waals surface area contributed by atoms with Crippen LogP contribution in [0.25, 0.3) is 0 Å². The molecular formula is C7H6N2O6S. The molecule has 8 nitrogen and oxygen atoms in total. The van der Waals surface area contributed by atoms with Crippen LogP contribution in [-0.2, 0) is 10.3 Å². The zero-order valence-corrected chi connectivity index (χ0v) is 8.47. The van der Waals surface area contributed by atoms with Crippen molar-refractivity contribution >= 4 is 21.9 Å². The SMILES string of the molecule is O=C(NS(=O)(=O)O)c1ccccc1[N+](=O)[O-]. The Morgan fingerprint density at radius 1 is 1.38 bits per heavy atom. The number of carbonyl (C=O) groups excluding carboxylic acids is 1. The summed E-state index contributed by atoms with van der Waals surface area (Å²) in [5, 5.41) is 10.5. The number of rotatable bonds is 3. The number of nitro benzene ring substituents is 1. The van der Waals surface area contributed by atoms with E-state index in [2.05, 4.69) is 0 Å². The fourth-order valence-electron chi connectivity index (χ4n) is 0.997. The van der Waals surface area contributed by atoms with Crippen LogP contribution in [0.15, 0.2) is 24.3 Å². The van der Waals surface area contributed by atoms with Gasteiger partial charge in [-0.25, -0.2) is 4.72 Å². The van der Waals surface area contributed by atoms with Gasteiger partial charge in [-0.15, -0.1) is 0 Å². The van der Waals surface area contributed by atoms with Crippen molar-refractivity contribution in [3.8, 4) is 0 Å². The highest BCUT2D eigenvalue weighted by Crippen LogP contribution is 2.17. The number of hydrogen-bond donors (Lipinski definition) is 2. The predicted molar refractivity (Wildman–Crippen MR) is 52.1 cm³/mol. The molecule has 0 aliphatic carbocycles. The summed E-state index contributed by atoms with van der Waals surface area (Å²) in [5.41, 5.74) is -1.01. The number of benzene rings is 1. The molecule has 0 saturated heterocycles. The summed E-state index contributed by atoms with van der Waals surface area (Å²) in [6.07, 6.45) is 0. The average molecular weight is 246 g/mol. The van der Waals surface area contributed by atoms with Crippen LogP contribution in [0.3, 0.4) is 0 Å². The van der Waals surface area contributed by atoms with E-state index in [1.54, 1.807) is 0 Å². The van der Waals surface area contributed by atoms with E-state index in [-0.39, 0.29) is 0 Å². The summed E-state index contributed by atoms with van der Waals surface area (Å²) in [6.45, 7) is 0. The molecule has 1 rings (SSSR count). The molecule has 0 aliphatic heterocycles. The number of hydrogen-bond acceptors (Lipinski definition) is 5. The molecule has 0 saturated carbocycles. The van der Waals surface area contributed by atoms with Crippen molar-refractivity contribution in [1.82, 2.24) is 4.72 Å². The molecule has 1 aromatic rings. The van der Waals surface area contributed by atoms with E-state index >= 15 is 0 Å². The predicted octanol–water partition coefficient (Wildman–Crippen LogP) is 0.127. The van der Waals surface area contributed by atoms with Gasteiger partial charge in [0.1, 0.15) is 5.56 Å². The number of nitrogens with zero attached hydrogens (tertiary/aromatic N) is 1. The molecule has 0 heterocycles. The molecule has 0 bridgehead atoms. The van der Waals surface area contributed by atoms with Gasteiger partial charge in [0.2, 0.25) is 0 Å². The van der Waals surface area contributed by atoms with Crippen molar-refractivity contribution in [3.05, 3.63) is 39.9 Å². The van der Waals surface area contributed by atoms with Gasteiger partial charge in [-0.1, -0.05) is 12.1 Å². The Balaban J connectivity index is 3.14. The molecule has 2 N–H and O–H groups in total. The van der Waals surface area contributed by atoms with E-state index in [0.29, 0.717) is 0 Å². The monoisotopic (exact) mass is 246 g/mol. The first-order valence-electron chi connectivity index (χ1n) is 3.84. The number of carbonyl (C=O) groups is 1. The van der Waals surface area contributed by atoms with Crippen molar-refractivity contribution < 1.29 is 22.7 Å². The van der Waals surface area contributed by atoms with Crippen LogP contribution in [0.5, 0.6) is 0 Å². The minimum Gasteiger partial charge on any atom is -0.269 e. The number of amides is 1. The number of nitrogens with one attached hydrogen (secondary N) is 1. The van der Waals surface area contributed by atoms with Crippen LogP contribution >= 0.6 is 0 Å². The van der Waals surface area contributed by atoms with Crippen LogP contribution in [0.4, 0.5) is 5.69 Å². The summed E-state index contributed by atoms with van der Waals surface area (Å²) in [4.78, 5) is 20.9. The third kappa shape index (κ3) is 3.00. The van der Waals surface area contributed by atoms with E-state index in [1.165, 1.54) is 16.9 Å². The molecule has 0 spiro atoms. The largest absolute Gasteiger partial charge is 0.359 e. The molecular weight excluding hydrogens is 240 g/mol. The van der Waals surface area contributed by atoms with Crippen molar-refractivity contribution in [2.45, 2.75) is 0 Å². The van der Waals surface area contributed by atoms with Gasteiger partial charge in [-0.2, -0.15) is 8.42 Å². The molecule has 0 radical (unpaired) electrons. The Labute approximate surface area is 89.9 Å². The molecule has 86 valence electrons. The second-order valence-electron chi connectivity index (χ2n) is 2.68. The third-order valence-electron chi connectivity index (χ3n) is 1.57. The van der Waals surface area contributed by atoms with E-state index in [0.717, 1.165) is 12.1 Å². The van der Waals surface area contributed by atoms with Gasteiger partial charge in [-0.05, 0) is 6.07 Å². The van der Waals surface area contributed by atoms with E-state index in [4.69, 9.17) is 4.55 Å². The molecule has 0 aromatic heterocycles. The zero-order valence-electron chi connectivity index (χ0n) is 7.65. The number of para-hydroxylation sites is 1. The fourth-order valence-corrected chi connectivity index (χ4v) is 1.34. The van der Waals surface area contributed by atoms with Crippen molar-refractivity contribution in [2.24, 2.45) is 0 Å². The maximum Gasteiger partial charge on any atom is 0.359 e. The second-order valence-corrected chi connectivity index (χ2v) is 3.83. The minimum atomic E-state index is -4.74. The van der Waals surface area contributed by atoms with Gasteiger partial charge in [-0.3, -0.25) is 19.5 Å². The third-order valence-corrected chi connectivity index (χ3v) is 2.01. The molecule has 0 unspecified atom stereocenters. The standard InChI is InChI=1S/C7H6N2O6S/c10-7(8-16(13,14)15)5-3-1-2-4-6(5)9(11)12/h1-4H,(H,8,10)(H,13,14,15). The topological polar surface area (TPSA) is 127 Å². The lowest BCUT2D eigenvalue weighted by atomic mass is 10.2. The van der Waals surface area contributed by atoms with Gasteiger partial charge < -0.3 is 0 Å². The second kappa shape index (κ2) is 4.24. The lowest BCUT2D eigenvalue weighted by molar-refractivity contribution is -0.385. The smallest absolute Gasteiger partial charge is 0.269 e. The van der Waals surface area contributed by atoms with Crippen molar-refractivity contribution in [2.75, 3.05) is 0 Å². The van der Waals surface area contributed by atoms with Crippen LogP contribution in [-0.4, -0.2) is 23.8 Å². The lowest BCUT2D eigenvalue weighted by Gasteiger charge is -2.01. The summed E-state index contributed by atoms with van der Waals surface area (Å²) >= 11 is 0. The summed E-state index contributed by atoms with van der Waals surface area (Å²) in [7, 11) is -4.74. The summed E-state index contributed by atoms with van der Waals surface area (Å²) < 4.78 is 30.3. The van der Waals surface area contributed by atoms with Crippen LogP contribution in [0.2, 0.25) is 0 Å². The first kappa shape index (κ1) is 12.1. The van der Waals surface area contributed by atoms with Gasteiger partial charge in [0.15, 0.2) is 0 Å². The normalized spacial score (nSPS) is 10.8. The maximum absolute atomic E-state index is 11.2. The fraction of sp³-hybridized carbons (Fsp3) is 0. The molecule has 1 amide bonds. The molecule has 0 atom stereocenters. The van der Waals surface area contributed by atoms with E-state index < -0.39 is 32.4 Å². The van der Waals surface area contributed by atoms with Crippen molar-refractivity contribution in [3.63, 3.8) is 0 Å². The van der Waals surface area contributed by atoms with Gasteiger partial charge in [0.25, 0.3) is 11.6 Å². The first-order valence-corrected chi connectivity index (χ1v) is 5.28. The van der Waals surface area contributed by atoms with Crippen LogP contribution in [0, 0.1) is 10.1 Å². The minimum absolute atomic E-state index is 0.454. The molecule has 16 heavy (non-hydrogen) atoms. The Morgan fingerprint density at radius 3 is 2.44 bits per heavy atom. The Bertz CT molecular complexity index is 538. The molecule has 1 aromatic carbocycles. The number of nitro groups is 1. The Hall–Kier alpha value is -2.00. The highest BCUT2D eigenvalue weighted by Gasteiger charge is 2.21. The molecule has 0 fully saturated rings.